The highest BCUT2D eigenvalue weighted by molar-refractivity contribution is 5.55. The lowest BCUT2D eigenvalue weighted by Crippen LogP contribution is -2.28. The molecule has 1 atom stereocenters. The van der Waals surface area contributed by atoms with Crippen LogP contribution in [-0.4, -0.2) is 33.0 Å². The molecule has 0 amide bonds. The van der Waals surface area contributed by atoms with Gasteiger partial charge in [0.1, 0.15) is 0 Å². The molecule has 102 valence electrons. The van der Waals surface area contributed by atoms with Gasteiger partial charge in [-0.05, 0) is 25.8 Å². The summed E-state index contributed by atoms with van der Waals surface area (Å²) in [6.07, 6.45) is 5.09. The van der Waals surface area contributed by atoms with E-state index in [-0.39, 0.29) is 0 Å². The standard InChI is InChI=1S/C13H19N5O/c1-3-11-10(8-18(2)16-11)13-15-12(17-19-13)9-5-4-6-14-7-9/h8-9,14H,3-7H2,1-2H3. The van der Waals surface area contributed by atoms with E-state index in [0.29, 0.717) is 11.8 Å². The van der Waals surface area contributed by atoms with Crippen molar-refractivity contribution in [1.82, 2.24) is 25.2 Å². The molecule has 2 aromatic rings. The molecular formula is C13H19N5O. The number of hydrogen-bond acceptors (Lipinski definition) is 5. The normalized spacial score (nSPS) is 19.8. The summed E-state index contributed by atoms with van der Waals surface area (Å²) >= 11 is 0. The van der Waals surface area contributed by atoms with E-state index in [2.05, 4.69) is 27.5 Å². The summed E-state index contributed by atoms with van der Waals surface area (Å²) in [5, 5.41) is 11.9. The average Bonchev–Trinajstić information content (AvgIpc) is 3.05. The first-order chi connectivity index (χ1) is 9.28. The fourth-order valence-electron chi connectivity index (χ4n) is 2.56. The van der Waals surface area contributed by atoms with Crippen molar-refractivity contribution in [2.45, 2.75) is 32.1 Å². The first kappa shape index (κ1) is 12.3. The fraction of sp³-hybridized carbons (Fsp3) is 0.615. The molecule has 1 aliphatic rings. The van der Waals surface area contributed by atoms with Crippen molar-refractivity contribution in [3.8, 4) is 11.5 Å². The molecule has 1 aliphatic heterocycles. The Labute approximate surface area is 112 Å². The van der Waals surface area contributed by atoms with Crippen LogP contribution < -0.4 is 5.32 Å². The highest BCUT2D eigenvalue weighted by atomic mass is 16.5. The van der Waals surface area contributed by atoms with Crippen molar-refractivity contribution in [3.63, 3.8) is 0 Å². The first-order valence-corrected chi connectivity index (χ1v) is 6.85. The van der Waals surface area contributed by atoms with E-state index >= 15 is 0 Å². The molecule has 19 heavy (non-hydrogen) atoms. The average molecular weight is 261 g/mol. The van der Waals surface area contributed by atoms with Crippen LogP contribution in [0, 0.1) is 0 Å². The van der Waals surface area contributed by atoms with Gasteiger partial charge in [-0.1, -0.05) is 12.1 Å². The van der Waals surface area contributed by atoms with Crippen LogP contribution in [0.15, 0.2) is 10.7 Å². The number of nitrogens with one attached hydrogen (secondary N) is 1. The van der Waals surface area contributed by atoms with Crippen molar-refractivity contribution in [2.75, 3.05) is 13.1 Å². The number of rotatable bonds is 3. The quantitative estimate of drug-likeness (QED) is 0.906. The Bertz CT molecular complexity index is 553. The molecule has 0 aromatic carbocycles. The predicted molar refractivity (Wildman–Crippen MR) is 70.7 cm³/mol. The van der Waals surface area contributed by atoms with Crippen molar-refractivity contribution in [3.05, 3.63) is 17.7 Å². The van der Waals surface area contributed by atoms with Gasteiger partial charge in [0.2, 0.25) is 0 Å². The Morgan fingerprint density at radius 2 is 2.42 bits per heavy atom. The predicted octanol–water partition coefficient (Wildman–Crippen LogP) is 1.50. The highest BCUT2D eigenvalue weighted by Gasteiger charge is 2.22. The Kier molecular flexibility index (Phi) is 3.33. The molecule has 1 saturated heterocycles. The summed E-state index contributed by atoms with van der Waals surface area (Å²) in [6.45, 7) is 4.10. The van der Waals surface area contributed by atoms with Gasteiger partial charge in [0.05, 0.1) is 11.3 Å². The zero-order valence-electron chi connectivity index (χ0n) is 11.4. The monoisotopic (exact) mass is 261 g/mol. The molecule has 3 rings (SSSR count). The van der Waals surface area contributed by atoms with Gasteiger partial charge in [0, 0.05) is 25.7 Å². The molecular weight excluding hydrogens is 242 g/mol. The van der Waals surface area contributed by atoms with Gasteiger partial charge >= 0.3 is 0 Å². The molecule has 2 aromatic heterocycles. The van der Waals surface area contributed by atoms with Crippen molar-refractivity contribution in [2.24, 2.45) is 7.05 Å². The van der Waals surface area contributed by atoms with Gasteiger partial charge in [-0.2, -0.15) is 10.1 Å². The molecule has 3 heterocycles. The smallest absolute Gasteiger partial charge is 0.261 e. The zero-order chi connectivity index (χ0) is 13.2. The molecule has 6 heteroatoms. The second-order valence-corrected chi connectivity index (χ2v) is 5.02. The molecule has 1 unspecified atom stereocenters. The van der Waals surface area contributed by atoms with Gasteiger partial charge < -0.3 is 9.84 Å². The molecule has 0 radical (unpaired) electrons. The number of nitrogens with zero attached hydrogens (tertiary/aromatic N) is 4. The van der Waals surface area contributed by atoms with Crippen LogP contribution in [0.3, 0.4) is 0 Å². The van der Waals surface area contributed by atoms with Crippen LogP contribution in [0.1, 0.15) is 37.2 Å². The Morgan fingerprint density at radius 3 is 3.16 bits per heavy atom. The van der Waals surface area contributed by atoms with Gasteiger partial charge in [-0.15, -0.1) is 0 Å². The lowest BCUT2D eigenvalue weighted by atomic mass is 9.99. The maximum absolute atomic E-state index is 5.42. The molecule has 6 nitrogen and oxygen atoms in total. The maximum Gasteiger partial charge on any atom is 0.261 e. The van der Waals surface area contributed by atoms with E-state index in [1.807, 2.05) is 13.2 Å². The van der Waals surface area contributed by atoms with Crippen molar-refractivity contribution >= 4 is 0 Å². The third kappa shape index (κ3) is 2.40. The molecule has 0 spiro atoms. The van der Waals surface area contributed by atoms with Crippen LogP contribution in [0.5, 0.6) is 0 Å². The number of aromatic nitrogens is 4. The van der Waals surface area contributed by atoms with Crippen LogP contribution in [0.25, 0.3) is 11.5 Å². The second-order valence-electron chi connectivity index (χ2n) is 5.02. The van der Waals surface area contributed by atoms with Gasteiger partial charge in [-0.3, -0.25) is 4.68 Å². The Hall–Kier alpha value is -1.69. The summed E-state index contributed by atoms with van der Waals surface area (Å²) in [6, 6.07) is 0. The maximum atomic E-state index is 5.42. The number of hydrogen-bond donors (Lipinski definition) is 1. The minimum absolute atomic E-state index is 0.369. The number of aryl methyl sites for hydroxylation is 2. The van der Waals surface area contributed by atoms with E-state index < -0.39 is 0 Å². The second kappa shape index (κ2) is 5.13. The third-order valence-corrected chi connectivity index (χ3v) is 3.57. The summed E-state index contributed by atoms with van der Waals surface area (Å²) in [5.74, 6) is 1.77. The van der Waals surface area contributed by atoms with E-state index in [0.717, 1.165) is 43.0 Å². The van der Waals surface area contributed by atoms with Crippen LogP contribution in [-0.2, 0) is 13.5 Å². The van der Waals surface area contributed by atoms with Crippen LogP contribution >= 0.6 is 0 Å². The first-order valence-electron chi connectivity index (χ1n) is 6.85. The molecule has 1 fully saturated rings. The highest BCUT2D eigenvalue weighted by Crippen LogP contribution is 2.26. The van der Waals surface area contributed by atoms with Crippen molar-refractivity contribution < 1.29 is 4.52 Å². The van der Waals surface area contributed by atoms with Gasteiger partial charge in [0.15, 0.2) is 5.82 Å². The SMILES string of the molecule is CCc1nn(C)cc1-c1nc(C2CCCNC2)no1. The minimum atomic E-state index is 0.369. The van der Waals surface area contributed by atoms with Crippen LogP contribution in [0.4, 0.5) is 0 Å². The fourth-order valence-corrected chi connectivity index (χ4v) is 2.56. The van der Waals surface area contributed by atoms with E-state index in [9.17, 15) is 0 Å². The summed E-state index contributed by atoms with van der Waals surface area (Å²) < 4.78 is 7.21. The third-order valence-electron chi connectivity index (χ3n) is 3.57. The van der Waals surface area contributed by atoms with Gasteiger partial charge in [0.25, 0.3) is 5.89 Å². The number of piperidine rings is 1. The van der Waals surface area contributed by atoms with E-state index in [1.54, 1.807) is 4.68 Å². The molecule has 0 saturated carbocycles. The summed E-state index contributed by atoms with van der Waals surface area (Å²) in [7, 11) is 1.91. The van der Waals surface area contributed by atoms with Crippen molar-refractivity contribution in [1.29, 1.82) is 0 Å². The van der Waals surface area contributed by atoms with Crippen LogP contribution in [0.2, 0.25) is 0 Å². The largest absolute Gasteiger partial charge is 0.334 e. The minimum Gasteiger partial charge on any atom is -0.334 e. The summed E-state index contributed by atoms with van der Waals surface area (Å²) in [4.78, 5) is 4.56. The zero-order valence-corrected chi connectivity index (χ0v) is 11.4. The lowest BCUT2D eigenvalue weighted by Gasteiger charge is -2.19. The Morgan fingerprint density at radius 1 is 1.53 bits per heavy atom. The Balaban J connectivity index is 1.87. The topological polar surface area (TPSA) is 68.8 Å². The molecule has 1 N–H and O–H groups in total. The summed E-state index contributed by atoms with van der Waals surface area (Å²) in [5.41, 5.74) is 1.95. The van der Waals surface area contributed by atoms with E-state index in [4.69, 9.17) is 4.52 Å². The molecule has 0 aliphatic carbocycles. The van der Waals surface area contributed by atoms with Gasteiger partial charge in [-0.25, -0.2) is 0 Å². The molecule has 0 bridgehead atoms. The lowest BCUT2D eigenvalue weighted by molar-refractivity contribution is 0.393. The van der Waals surface area contributed by atoms with E-state index in [1.165, 1.54) is 6.42 Å².